The smallest absolute Gasteiger partial charge is 0.226 e. The Labute approximate surface area is 144 Å². The summed E-state index contributed by atoms with van der Waals surface area (Å²) in [6, 6.07) is 11.5. The van der Waals surface area contributed by atoms with Crippen molar-refractivity contribution in [1.29, 1.82) is 0 Å². The average Bonchev–Trinajstić information content (AvgIpc) is 3.25. The van der Waals surface area contributed by atoms with Crippen molar-refractivity contribution < 1.29 is 14.3 Å². The minimum Gasteiger partial charge on any atom is -0.472 e. The predicted octanol–water partition coefficient (Wildman–Crippen LogP) is 2.67. The van der Waals surface area contributed by atoms with Crippen LogP contribution in [0.1, 0.15) is 11.3 Å². The Morgan fingerprint density at radius 3 is 2.88 bits per heavy atom. The first kappa shape index (κ1) is 16.4. The van der Waals surface area contributed by atoms with Crippen molar-refractivity contribution >= 4 is 17.2 Å². The Bertz CT molecular complexity index is 769. The molecule has 0 aliphatic rings. The van der Waals surface area contributed by atoms with Crippen LogP contribution in [0.25, 0.3) is 10.6 Å². The molecular weight excluding hydrogens is 324 g/mol. The number of aliphatic hydroxyl groups is 1. The number of hydrogen-bond donors (Lipinski definition) is 2. The molecule has 3 aromatic rings. The lowest BCUT2D eigenvalue weighted by Crippen LogP contribution is -2.34. The zero-order chi connectivity index (χ0) is 16.8. The van der Waals surface area contributed by atoms with Gasteiger partial charge < -0.3 is 14.8 Å². The standard InChI is InChI=1S/C18H18N2O3S/c21-16(8-13-4-2-1-3-5-13)10-19-17(22)9-15-12-24-18(20-15)14-6-7-23-11-14/h1-7,11-12,16,21H,8-10H2,(H,19,22). The number of carbonyl (C=O) groups excluding carboxylic acids is 1. The zero-order valence-corrected chi connectivity index (χ0v) is 13.8. The number of hydrogen-bond acceptors (Lipinski definition) is 5. The van der Waals surface area contributed by atoms with Crippen LogP contribution in [0, 0.1) is 0 Å². The molecule has 3 rings (SSSR count). The summed E-state index contributed by atoms with van der Waals surface area (Å²) in [5, 5.41) is 15.5. The van der Waals surface area contributed by atoms with Gasteiger partial charge in [-0.2, -0.15) is 0 Å². The summed E-state index contributed by atoms with van der Waals surface area (Å²) in [6.07, 6.45) is 3.34. The SMILES string of the molecule is O=C(Cc1csc(-c2ccoc2)n1)NCC(O)Cc1ccccc1. The van der Waals surface area contributed by atoms with Crippen LogP contribution >= 0.6 is 11.3 Å². The molecule has 0 spiro atoms. The minimum absolute atomic E-state index is 0.147. The van der Waals surface area contributed by atoms with E-state index in [0.717, 1.165) is 16.1 Å². The molecular formula is C18H18N2O3S. The van der Waals surface area contributed by atoms with Gasteiger partial charge in [-0.25, -0.2) is 4.98 Å². The molecule has 6 heteroatoms. The summed E-state index contributed by atoms with van der Waals surface area (Å²) in [4.78, 5) is 16.4. The highest BCUT2D eigenvalue weighted by molar-refractivity contribution is 7.13. The van der Waals surface area contributed by atoms with E-state index >= 15 is 0 Å². The average molecular weight is 342 g/mol. The molecule has 24 heavy (non-hydrogen) atoms. The van der Waals surface area contributed by atoms with E-state index < -0.39 is 6.10 Å². The normalized spacial score (nSPS) is 12.0. The van der Waals surface area contributed by atoms with Gasteiger partial charge in [-0.3, -0.25) is 4.79 Å². The number of carbonyl (C=O) groups is 1. The van der Waals surface area contributed by atoms with E-state index in [-0.39, 0.29) is 18.9 Å². The minimum atomic E-state index is -0.603. The molecule has 1 amide bonds. The lowest BCUT2D eigenvalue weighted by molar-refractivity contribution is -0.120. The first-order valence-electron chi connectivity index (χ1n) is 7.66. The number of amides is 1. The molecule has 2 N–H and O–H groups in total. The molecule has 1 atom stereocenters. The monoisotopic (exact) mass is 342 g/mol. The number of benzene rings is 1. The molecule has 0 radical (unpaired) electrons. The third-order valence-electron chi connectivity index (χ3n) is 3.51. The van der Waals surface area contributed by atoms with Crippen molar-refractivity contribution in [2.45, 2.75) is 18.9 Å². The zero-order valence-electron chi connectivity index (χ0n) is 13.0. The maximum absolute atomic E-state index is 12.0. The topological polar surface area (TPSA) is 75.4 Å². The largest absolute Gasteiger partial charge is 0.472 e. The molecule has 2 heterocycles. The quantitative estimate of drug-likeness (QED) is 0.692. The number of nitrogens with one attached hydrogen (secondary N) is 1. The summed E-state index contributed by atoms with van der Waals surface area (Å²) in [5.74, 6) is -0.147. The second-order valence-electron chi connectivity index (χ2n) is 5.48. The molecule has 0 aliphatic heterocycles. The fraction of sp³-hybridized carbons (Fsp3) is 0.222. The second-order valence-corrected chi connectivity index (χ2v) is 6.34. The molecule has 124 valence electrons. The molecule has 0 saturated heterocycles. The first-order chi connectivity index (χ1) is 11.7. The van der Waals surface area contributed by atoms with E-state index in [1.165, 1.54) is 11.3 Å². The van der Waals surface area contributed by atoms with Crippen LogP contribution in [-0.4, -0.2) is 28.6 Å². The lowest BCUT2D eigenvalue weighted by Gasteiger charge is -2.11. The fourth-order valence-electron chi connectivity index (χ4n) is 2.32. The van der Waals surface area contributed by atoms with E-state index in [0.29, 0.717) is 12.1 Å². The van der Waals surface area contributed by atoms with E-state index in [2.05, 4.69) is 10.3 Å². The Morgan fingerprint density at radius 2 is 2.12 bits per heavy atom. The second kappa shape index (κ2) is 7.90. The van der Waals surface area contributed by atoms with Crippen molar-refractivity contribution in [3.8, 4) is 10.6 Å². The van der Waals surface area contributed by atoms with Crippen molar-refractivity contribution in [3.63, 3.8) is 0 Å². The van der Waals surface area contributed by atoms with Crippen molar-refractivity contribution in [1.82, 2.24) is 10.3 Å². The maximum atomic E-state index is 12.0. The summed E-state index contributed by atoms with van der Waals surface area (Å²) in [5.41, 5.74) is 2.67. The molecule has 0 aliphatic carbocycles. The number of aromatic nitrogens is 1. The highest BCUT2D eigenvalue weighted by Gasteiger charge is 2.11. The van der Waals surface area contributed by atoms with Crippen LogP contribution in [0.15, 0.2) is 58.7 Å². The van der Waals surface area contributed by atoms with Gasteiger partial charge in [0.15, 0.2) is 0 Å². The van der Waals surface area contributed by atoms with Gasteiger partial charge in [0.25, 0.3) is 0 Å². The van der Waals surface area contributed by atoms with Crippen LogP contribution < -0.4 is 5.32 Å². The van der Waals surface area contributed by atoms with Gasteiger partial charge in [-0.05, 0) is 11.6 Å². The van der Waals surface area contributed by atoms with Crippen LogP contribution in [-0.2, 0) is 17.6 Å². The molecule has 2 aromatic heterocycles. The number of furan rings is 1. The highest BCUT2D eigenvalue weighted by Crippen LogP contribution is 2.24. The number of nitrogens with zero attached hydrogens (tertiary/aromatic N) is 1. The molecule has 0 bridgehead atoms. The predicted molar refractivity (Wildman–Crippen MR) is 92.7 cm³/mol. The van der Waals surface area contributed by atoms with Crippen LogP contribution in [0.2, 0.25) is 0 Å². The third kappa shape index (κ3) is 4.53. The molecule has 0 fully saturated rings. The fourth-order valence-corrected chi connectivity index (χ4v) is 3.13. The number of rotatable bonds is 7. The Morgan fingerprint density at radius 1 is 1.29 bits per heavy atom. The molecule has 1 aromatic carbocycles. The first-order valence-corrected chi connectivity index (χ1v) is 8.54. The molecule has 1 unspecified atom stereocenters. The summed E-state index contributed by atoms with van der Waals surface area (Å²) >= 11 is 1.47. The molecule has 5 nitrogen and oxygen atoms in total. The van der Waals surface area contributed by atoms with Gasteiger partial charge in [0.1, 0.15) is 11.3 Å². The summed E-state index contributed by atoms with van der Waals surface area (Å²) < 4.78 is 5.03. The van der Waals surface area contributed by atoms with Crippen LogP contribution in [0.5, 0.6) is 0 Å². The van der Waals surface area contributed by atoms with E-state index in [1.807, 2.05) is 41.8 Å². The third-order valence-corrected chi connectivity index (χ3v) is 4.45. The highest BCUT2D eigenvalue weighted by atomic mass is 32.1. The van der Waals surface area contributed by atoms with Gasteiger partial charge in [-0.1, -0.05) is 30.3 Å². The van der Waals surface area contributed by atoms with Crippen LogP contribution in [0.4, 0.5) is 0 Å². The van der Waals surface area contributed by atoms with Gasteiger partial charge in [0.05, 0.1) is 24.5 Å². The number of aliphatic hydroxyl groups excluding tert-OH is 1. The lowest BCUT2D eigenvalue weighted by atomic mass is 10.1. The summed E-state index contributed by atoms with van der Waals surface area (Å²) in [7, 11) is 0. The number of thiazole rings is 1. The van der Waals surface area contributed by atoms with Gasteiger partial charge in [-0.15, -0.1) is 11.3 Å². The van der Waals surface area contributed by atoms with Crippen molar-refractivity contribution in [2.24, 2.45) is 0 Å². The summed E-state index contributed by atoms with van der Waals surface area (Å²) in [6.45, 7) is 0.229. The molecule has 0 saturated carbocycles. The Balaban J connectivity index is 1.46. The van der Waals surface area contributed by atoms with Gasteiger partial charge in [0, 0.05) is 23.9 Å². The van der Waals surface area contributed by atoms with E-state index in [4.69, 9.17) is 4.42 Å². The van der Waals surface area contributed by atoms with Crippen molar-refractivity contribution in [2.75, 3.05) is 6.54 Å². The van der Waals surface area contributed by atoms with E-state index in [1.54, 1.807) is 12.5 Å². The van der Waals surface area contributed by atoms with Gasteiger partial charge in [0.2, 0.25) is 5.91 Å². The maximum Gasteiger partial charge on any atom is 0.226 e. The van der Waals surface area contributed by atoms with Gasteiger partial charge >= 0.3 is 0 Å². The van der Waals surface area contributed by atoms with E-state index in [9.17, 15) is 9.90 Å². The Kier molecular flexibility index (Phi) is 5.40. The van der Waals surface area contributed by atoms with Crippen molar-refractivity contribution in [3.05, 3.63) is 65.6 Å². The Hall–Kier alpha value is -2.44. The van der Waals surface area contributed by atoms with Crippen LogP contribution in [0.3, 0.4) is 0 Å².